The number of carbonyl (C=O) groups is 1. The van der Waals surface area contributed by atoms with Gasteiger partial charge in [0, 0.05) is 29.7 Å². The molecule has 2 atom stereocenters. The van der Waals surface area contributed by atoms with Gasteiger partial charge in [0.25, 0.3) is 0 Å². The maximum atomic E-state index is 13.6. The summed E-state index contributed by atoms with van der Waals surface area (Å²) < 4.78 is 13.6. The van der Waals surface area contributed by atoms with Gasteiger partial charge in [0.15, 0.2) is 5.82 Å². The second-order valence-corrected chi connectivity index (χ2v) is 6.70. The highest BCUT2D eigenvalue weighted by molar-refractivity contribution is 6.22. The van der Waals surface area contributed by atoms with E-state index in [4.69, 9.17) is 11.6 Å². The van der Waals surface area contributed by atoms with E-state index in [-0.39, 0.29) is 5.56 Å². The molecule has 0 saturated heterocycles. The van der Waals surface area contributed by atoms with Crippen molar-refractivity contribution in [3.63, 3.8) is 0 Å². The third kappa shape index (κ3) is 3.22. The summed E-state index contributed by atoms with van der Waals surface area (Å²) in [6, 6.07) is 4.68. The third-order valence-corrected chi connectivity index (χ3v) is 4.74. The highest BCUT2D eigenvalue weighted by Crippen LogP contribution is 2.30. The summed E-state index contributed by atoms with van der Waals surface area (Å²) in [6.45, 7) is 0. The van der Waals surface area contributed by atoms with Crippen LogP contribution in [0, 0.1) is 0 Å². The zero-order valence-corrected chi connectivity index (χ0v) is 15.4. The fourth-order valence-electron chi connectivity index (χ4n) is 2.97. The number of pyridine rings is 1. The lowest BCUT2D eigenvalue weighted by atomic mass is 10.1. The first-order valence-corrected chi connectivity index (χ1v) is 8.86. The number of carboxylic acids is 1. The molecule has 0 aliphatic heterocycles. The Balaban J connectivity index is 1.92. The molecule has 0 amide bonds. The summed E-state index contributed by atoms with van der Waals surface area (Å²) in [4.78, 5) is 24.6. The number of aromatic nitrogens is 3. The maximum absolute atomic E-state index is 13.6. The quantitative estimate of drug-likeness (QED) is 0.454. The molecule has 2 unspecified atom stereocenters. The fourth-order valence-corrected chi connectivity index (χ4v) is 3.19. The number of hydrogen-bond donors (Lipinski definition) is 3. The predicted octanol–water partition coefficient (Wildman–Crippen LogP) is 3.73. The van der Waals surface area contributed by atoms with Gasteiger partial charge < -0.3 is 15.7 Å². The number of rotatable bonds is 4. The van der Waals surface area contributed by atoms with E-state index in [1.54, 1.807) is 31.5 Å². The highest BCUT2D eigenvalue weighted by atomic mass is 35.5. The molecule has 9 heteroatoms. The van der Waals surface area contributed by atoms with Gasteiger partial charge in [0.2, 0.25) is 5.95 Å². The Bertz CT molecular complexity index is 1160. The normalized spacial score (nSPS) is 18.9. The molecule has 28 heavy (non-hydrogen) atoms. The van der Waals surface area contributed by atoms with E-state index in [1.807, 2.05) is 0 Å². The van der Waals surface area contributed by atoms with E-state index < -0.39 is 17.5 Å². The number of nitrogens with zero attached hydrogens (tertiary/aromatic N) is 3. The lowest BCUT2D eigenvalue weighted by Gasteiger charge is -2.17. The first kappa shape index (κ1) is 18.1. The number of anilines is 2. The molecular formula is C19H15ClFN5O2. The molecule has 2 heterocycles. The Morgan fingerprint density at radius 3 is 2.82 bits per heavy atom. The number of benzene rings is 1. The minimum Gasteiger partial charge on any atom is -0.478 e. The van der Waals surface area contributed by atoms with Crippen molar-refractivity contribution in [2.75, 3.05) is 17.7 Å². The van der Waals surface area contributed by atoms with Crippen molar-refractivity contribution in [1.82, 2.24) is 15.0 Å². The van der Waals surface area contributed by atoms with Crippen LogP contribution in [0.3, 0.4) is 0 Å². The van der Waals surface area contributed by atoms with E-state index in [1.165, 1.54) is 18.2 Å². The number of carboxylic acid groups (broad SMARTS) is 1. The molecule has 0 fully saturated rings. The van der Waals surface area contributed by atoms with Gasteiger partial charge in [-0.1, -0.05) is 6.07 Å². The Labute approximate surface area is 164 Å². The van der Waals surface area contributed by atoms with Crippen molar-refractivity contribution >= 4 is 51.1 Å². The largest absolute Gasteiger partial charge is 0.478 e. The smallest absolute Gasteiger partial charge is 0.335 e. The number of aromatic carboxylic acids is 1. The molecule has 0 spiro atoms. The van der Waals surface area contributed by atoms with Crippen molar-refractivity contribution in [1.29, 1.82) is 0 Å². The van der Waals surface area contributed by atoms with Crippen molar-refractivity contribution in [2.45, 2.75) is 11.5 Å². The molecule has 1 aliphatic rings. The van der Waals surface area contributed by atoms with E-state index >= 15 is 0 Å². The molecule has 142 valence electrons. The molecular weight excluding hydrogens is 385 g/mol. The van der Waals surface area contributed by atoms with Crippen LogP contribution in [0.25, 0.3) is 21.8 Å². The van der Waals surface area contributed by atoms with Crippen LogP contribution in [0.1, 0.15) is 10.4 Å². The number of fused-ring (bicyclic) bond motifs is 3. The van der Waals surface area contributed by atoms with Gasteiger partial charge in [0.05, 0.1) is 16.5 Å². The van der Waals surface area contributed by atoms with Crippen LogP contribution in [0.5, 0.6) is 0 Å². The molecule has 0 bridgehead atoms. The minimum atomic E-state index is -1.26. The van der Waals surface area contributed by atoms with Gasteiger partial charge in [-0.2, -0.15) is 0 Å². The molecule has 1 aliphatic carbocycles. The first-order valence-electron chi connectivity index (χ1n) is 8.43. The van der Waals surface area contributed by atoms with Crippen molar-refractivity contribution in [2.24, 2.45) is 0 Å². The summed E-state index contributed by atoms with van der Waals surface area (Å²) in [7, 11) is 1.70. The number of alkyl halides is 2. The van der Waals surface area contributed by atoms with Gasteiger partial charge >= 0.3 is 5.97 Å². The lowest BCUT2D eigenvalue weighted by molar-refractivity contribution is 0.0697. The SMILES string of the molecule is CNc1ncc2c(n1)c(NC1=CC(Cl)C(F)C=C1)nc1cc(C(=O)O)ccc12. The van der Waals surface area contributed by atoms with Crippen molar-refractivity contribution < 1.29 is 14.3 Å². The van der Waals surface area contributed by atoms with Crippen LogP contribution in [0.15, 0.2) is 48.3 Å². The van der Waals surface area contributed by atoms with E-state index in [2.05, 4.69) is 25.6 Å². The fraction of sp³-hybridized carbons (Fsp3) is 0.158. The summed E-state index contributed by atoms with van der Waals surface area (Å²) in [6.07, 6.45) is 4.88. The van der Waals surface area contributed by atoms with Crippen LogP contribution in [0.4, 0.5) is 16.2 Å². The molecule has 3 aromatic rings. The zero-order valence-electron chi connectivity index (χ0n) is 14.6. The van der Waals surface area contributed by atoms with Crippen LogP contribution in [-0.2, 0) is 0 Å². The minimum absolute atomic E-state index is 0.121. The predicted molar refractivity (Wildman–Crippen MR) is 107 cm³/mol. The Morgan fingerprint density at radius 1 is 1.29 bits per heavy atom. The van der Waals surface area contributed by atoms with Crippen molar-refractivity contribution in [3.05, 3.63) is 53.9 Å². The van der Waals surface area contributed by atoms with Crippen LogP contribution in [-0.4, -0.2) is 44.6 Å². The highest BCUT2D eigenvalue weighted by Gasteiger charge is 2.19. The van der Waals surface area contributed by atoms with E-state index in [9.17, 15) is 14.3 Å². The van der Waals surface area contributed by atoms with Gasteiger partial charge in [0.1, 0.15) is 11.7 Å². The average molecular weight is 400 g/mol. The average Bonchev–Trinajstić information content (AvgIpc) is 2.70. The Kier molecular flexibility index (Phi) is 4.56. The molecule has 0 saturated carbocycles. The lowest BCUT2D eigenvalue weighted by Crippen LogP contribution is -2.17. The summed E-state index contributed by atoms with van der Waals surface area (Å²) >= 11 is 5.98. The summed E-state index contributed by atoms with van der Waals surface area (Å²) in [5, 5.41) is 15.9. The number of hydrogen-bond acceptors (Lipinski definition) is 6. The van der Waals surface area contributed by atoms with Gasteiger partial charge in [-0.15, -0.1) is 11.6 Å². The maximum Gasteiger partial charge on any atom is 0.335 e. The Hall–Kier alpha value is -3.26. The molecule has 3 N–H and O–H groups in total. The van der Waals surface area contributed by atoms with Gasteiger partial charge in [-0.05, 0) is 30.4 Å². The third-order valence-electron chi connectivity index (χ3n) is 4.37. The number of nitrogens with one attached hydrogen (secondary N) is 2. The standard InChI is InChI=1S/C19H15ClFN5O2/c1-22-19-23-8-12-11-4-2-9(18(27)28)6-15(11)25-17(16(12)26-19)24-10-3-5-14(21)13(20)7-10/h2-8,13-14H,1H3,(H,24,25)(H,27,28)(H,22,23,26). The molecule has 0 radical (unpaired) electrons. The van der Waals surface area contributed by atoms with Crippen LogP contribution < -0.4 is 10.6 Å². The molecule has 2 aromatic heterocycles. The second kappa shape index (κ2) is 7.05. The zero-order chi connectivity index (χ0) is 19.8. The van der Waals surface area contributed by atoms with E-state index in [0.29, 0.717) is 33.9 Å². The van der Waals surface area contributed by atoms with Gasteiger partial charge in [-0.25, -0.2) is 24.1 Å². The summed E-state index contributed by atoms with van der Waals surface area (Å²) in [5.41, 5.74) is 1.71. The van der Waals surface area contributed by atoms with Crippen LogP contribution >= 0.6 is 11.6 Å². The Morgan fingerprint density at radius 2 is 2.11 bits per heavy atom. The molecule has 7 nitrogen and oxygen atoms in total. The van der Waals surface area contributed by atoms with E-state index in [0.717, 1.165) is 5.39 Å². The molecule has 1 aromatic carbocycles. The monoisotopic (exact) mass is 399 g/mol. The first-order chi connectivity index (χ1) is 13.5. The summed E-state index contributed by atoms with van der Waals surface area (Å²) in [5.74, 6) is -0.246. The molecule has 4 rings (SSSR count). The van der Waals surface area contributed by atoms with Gasteiger partial charge in [-0.3, -0.25) is 0 Å². The van der Waals surface area contributed by atoms with Crippen molar-refractivity contribution in [3.8, 4) is 0 Å². The van der Waals surface area contributed by atoms with Crippen LogP contribution in [0.2, 0.25) is 0 Å². The topological polar surface area (TPSA) is 100 Å². The number of allylic oxidation sites excluding steroid dienone is 3. The number of halogens is 2. The second-order valence-electron chi connectivity index (χ2n) is 6.20.